The zero-order valence-corrected chi connectivity index (χ0v) is 14.6. The number of hydrogen-bond acceptors (Lipinski definition) is 2. The maximum absolute atomic E-state index is 5.86. The van der Waals surface area contributed by atoms with Gasteiger partial charge in [0.2, 0.25) is 0 Å². The van der Waals surface area contributed by atoms with E-state index in [-0.39, 0.29) is 12.4 Å². The van der Waals surface area contributed by atoms with E-state index < -0.39 is 0 Å². The van der Waals surface area contributed by atoms with Crippen LogP contribution in [0, 0.1) is 0 Å². The van der Waals surface area contributed by atoms with E-state index in [9.17, 15) is 0 Å². The molecule has 4 heteroatoms. The predicted octanol–water partition coefficient (Wildman–Crippen LogP) is -0.373. The van der Waals surface area contributed by atoms with Gasteiger partial charge in [0, 0.05) is 0 Å². The van der Waals surface area contributed by atoms with Gasteiger partial charge in [0.05, 0.1) is 12.6 Å². The minimum Gasteiger partial charge on any atom is -1.00 e. The van der Waals surface area contributed by atoms with Crippen molar-refractivity contribution in [3.63, 3.8) is 0 Å². The van der Waals surface area contributed by atoms with Gasteiger partial charge in [-0.15, -0.1) is 0 Å². The molecule has 0 amide bonds. The van der Waals surface area contributed by atoms with Crippen LogP contribution < -0.4 is 22.5 Å². The van der Waals surface area contributed by atoms with Gasteiger partial charge < -0.3 is 27.2 Å². The molecule has 0 aliphatic rings. The lowest BCUT2D eigenvalue weighted by molar-refractivity contribution is -0.718. The number of nitrogens with two attached hydrogens (primary N) is 1. The van der Waals surface area contributed by atoms with E-state index in [1.54, 1.807) is 0 Å². The number of para-hydroxylation sites is 1. The molecule has 2 rings (SSSR count). The molecule has 0 aliphatic carbocycles. The first-order chi connectivity index (χ1) is 10.7. The zero-order chi connectivity index (χ0) is 15.6. The molecule has 0 saturated heterocycles. The maximum atomic E-state index is 5.86. The topological polar surface area (TPSA) is 35.1 Å². The van der Waals surface area contributed by atoms with E-state index in [2.05, 4.69) is 31.3 Å². The molecule has 2 N–H and O–H groups in total. The molecule has 0 fully saturated rings. The Kier molecular flexibility index (Phi) is 9.37. The van der Waals surface area contributed by atoms with E-state index in [1.165, 1.54) is 5.56 Å². The molecule has 0 heterocycles. The van der Waals surface area contributed by atoms with Crippen molar-refractivity contribution >= 4 is 0 Å². The number of hydrogen-bond donors (Lipinski definition) is 1. The smallest absolute Gasteiger partial charge is 0.144 e. The van der Waals surface area contributed by atoms with Crippen LogP contribution in [0.2, 0.25) is 0 Å². The average molecular weight is 336 g/mol. The Labute approximate surface area is 145 Å². The van der Waals surface area contributed by atoms with Crippen molar-refractivity contribution in [2.24, 2.45) is 0 Å². The van der Waals surface area contributed by atoms with Crippen LogP contribution in [0.3, 0.4) is 0 Å². The lowest BCUT2D eigenvalue weighted by Crippen LogP contribution is -3.00. The Bertz CT molecular complexity index is 519. The molecule has 126 valence electrons. The lowest BCUT2D eigenvalue weighted by atomic mass is 10.2. The standard InChI is InChI=1S/C19H25NO2.ClH/c1-16(2)20-18(15-22-19-11-7-4-8-12-19)14-21-13-17-9-5-3-6-10-17;/h3-12,16,18,20H,13-15H2,1-2H3;1H. The highest BCUT2D eigenvalue weighted by Gasteiger charge is 2.15. The number of benzene rings is 2. The van der Waals surface area contributed by atoms with Crippen LogP contribution in [-0.4, -0.2) is 25.3 Å². The van der Waals surface area contributed by atoms with Crippen LogP contribution in [0.5, 0.6) is 5.75 Å². The molecule has 0 aliphatic heterocycles. The molecule has 23 heavy (non-hydrogen) atoms. The number of halogens is 1. The summed E-state index contributed by atoms with van der Waals surface area (Å²) in [5.41, 5.74) is 1.20. The Morgan fingerprint density at radius 1 is 0.870 bits per heavy atom. The third kappa shape index (κ3) is 8.03. The lowest BCUT2D eigenvalue weighted by Gasteiger charge is -2.19. The fourth-order valence-corrected chi connectivity index (χ4v) is 2.33. The molecule has 0 saturated carbocycles. The third-order valence-electron chi connectivity index (χ3n) is 3.31. The number of rotatable bonds is 9. The molecule has 1 atom stereocenters. The van der Waals surface area contributed by atoms with Crippen LogP contribution >= 0.6 is 0 Å². The summed E-state index contributed by atoms with van der Waals surface area (Å²) in [6, 6.07) is 21.0. The van der Waals surface area contributed by atoms with Gasteiger partial charge in [-0.3, -0.25) is 0 Å². The summed E-state index contributed by atoms with van der Waals surface area (Å²) in [5, 5.41) is 2.30. The summed E-state index contributed by atoms with van der Waals surface area (Å²) in [4.78, 5) is 0. The summed E-state index contributed by atoms with van der Waals surface area (Å²) >= 11 is 0. The maximum Gasteiger partial charge on any atom is 0.144 e. The molecule has 1 unspecified atom stereocenters. The fourth-order valence-electron chi connectivity index (χ4n) is 2.33. The highest BCUT2D eigenvalue weighted by molar-refractivity contribution is 5.20. The Hall–Kier alpha value is -1.55. The van der Waals surface area contributed by atoms with Crippen LogP contribution in [0.25, 0.3) is 0 Å². The van der Waals surface area contributed by atoms with Gasteiger partial charge in [0.15, 0.2) is 0 Å². The first-order valence-electron chi connectivity index (χ1n) is 7.88. The van der Waals surface area contributed by atoms with Gasteiger partial charge in [-0.25, -0.2) is 0 Å². The van der Waals surface area contributed by atoms with Gasteiger partial charge in [0.1, 0.15) is 25.0 Å². The van der Waals surface area contributed by atoms with Crippen molar-refractivity contribution in [1.82, 2.24) is 0 Å². The SMILES string of the molecule is CC(C)[NH2+]C(COCc1ccccc1)COc1ccccc1.[Cl-]. The van der Waals surface area contributed by atoms with Crippen molar-refractivity contribution in [2.75, 3.05) is 13.2 Å². The van der Waals surface area contributed by atoms with Crippen molar-refractivity contribution in [3.8, 4) is 5.75 Å². The highest BCUT2D eigenvalue weighted by atomic mass is 35.5. The summed E-state index contributed by atoms with van der Waals surface area (Å²) in [6.45, 7) is 6.35. The molecule has 0 aromatic heterocycles. The number of ether oxygens (including phenoxy) is 2. The van der Waals surface area contributed by atoms with E-state index in [0.717, 1.165) is 5.75 Å². The molecular weight excluding hydrogens is 310 g/mol. The highest BCUT2D eigenvalue weighted by Crippen LogP contribution is 2.08. The second-order valence-corrected chi connectivity index (χ2v) is 5.82. The molecule has 0 bridgehead atoms. The van der Waals surface area contributed by atoms with Gasteiger partial charge in [0.25, 0.3) is 0 Å². The molecule has 0 radical (unpaired) electrons. The fraction of sp³-hybridized carbons (Fsp3) is 0.368. The van der Waals surface area contributed by atoms with Gasteiger partial charge in [-0.2, -0.15) is 0 Å². The minimum atomic E-state index is 0. The first-order valence-corrected chi connectivity index (χ1v) is 7.88. The van der Waals surface area contributed by atoms with Gasteiger partial charge in [-0.1, -0.05) is 48.5 Å². The number of quaternary nitrogens is 1. The quantitative estimate of drug-likeness (QED) is 0.678. The van der Waals surface area contributed by atoms with Crippen LogP contribution in [0.4, 0.5) is 0 Å². The van der Waals surface area contributed by atoms with Crippen molar-refractivity contribution < 1.29 is 27.2 Å². The van der Waals surface area contributed by atoms with E-state index in [0.29, 0.717) is 31.9 Å². The second kappa shape index (κ2) is 11.1. The Morgan fingerprint density at radius 2 is 1.48 bits per heavy atom. The van der Waals surface area contributed by atoms with Crippen LogP contribution in [-0.2, 0) is 11.3 Å². The van der Waals surface area contributed by atoms with E-state index in [4.69, 9.17) is 9.47 Å². The summed E-state index contributed by atoms with van der Waals surface area (Å²) in [5.74, 6) is 0.910. The normalized spacial score (nSPS) is 11.8. The summed E-state index contributed by atoms with van der Waals surface area (Å²) < 4.78 is 11.7. The van der Waals surface area contributed by atoms with E-state index in [1.807, 2.05) is 48.5 Å². The predicted molar refractivity (Wildman–Crippen MR) is 88.9 cm³/mol. The van der Waals surface area contributed by atoms with Gasteiger partial charge >= 0.3 is 0 Å². The molecule has 2 aromatic rings. The average Bonchev–Trinajstić information content (AvgIpc) is 2.54. The summed E-state index contributed by atoms with van der Waals surface area (Å²) in [6.07, 6.45) is 0. The minimum absolute atomic E-state index is 0. The van der Waals surface area contributed by atoms with Crippen LogP contribution in [0.15, 0.2) is 60.7 Å². The van der Waals surface area contributed by atoms with Crippen molar-refractivity contribution in [1.29, 1.82) is 0 Å². The molecule has 2 aromatic carbocycles. The molecule has 3 nitrogen and oxygen atoms in total. The van der Waals surface area contributed by atoms with Crippen molar-refractivity contribution in [3.05, 3.63) is 66.2 Å². The third-order valence-corrected chi connectivity index (χ3v) is 3.31. The van der Waals surface area contributed by atoms with Gasteiger partial charge in [-0.05, 0) is 31.5 Å². The van der Waals surface area contributed by atoms with E-state index >= 15 is 0 Å². The monoisotopic (exact) mass is 335 g/mol. The Morgan fingerprint density at radius 3 is 2.09 bits per heavy atom. The first kappa shape index (κ1) is 19.5. The van der Waals surface area contributed by atoms with Crippen molar-refractivity contribution in [2.45, 2.75) is 32.5 Å². The molecular formula is C19H26ClNO2. The van der Waals surface area contributed by atoms with Crippen LogP contribution in [0.1, 0.15) is 19.4 Å². The summed E-state index contributed by atoms with van der Waals surface area (Å²) in [7, 11) is 0. The molecule has 0 spiro atoms. The second-order valence-electron chi connectivity index (χ2n) is 5.82. The largest absolute Gasteiger partial charge is 1.00 e. The zero-order valence-electron chi connectivity index (χ0n) is 13.8. The Balaban J connectivity index is 0.00000264.